The number of carbonyl (C=O) groups excluding carboxylic acids is 1. The number of rotatable bonds is 4. The number of hydrogen-bond donors (Lipinski definition) is 0. The number of allylic oxidation sites excluding steroid dienone is 1. The van der Waals surface area contributed by atoms with Crippen LogP contribution in [0, 0.1) is 6.92 Å². The number of benzene rings is 1. The monoisotopic (exact) mass is 292 g/mol. The van der Waals surface area contributed by atoms with Gasteiger partial charge in [-0.15, -0.1) is 11.3 Å². The molecule has 0 aliphatic rings. The molecule has 0 aliphatic carbocycles. The summed E-state index contributed by atoms with van der Waals surface area (Å²) < 4.78 is 5.17. The first kappa shape index (κ1) is 13.8. The number of methoxy groups -OCH3 is 1. The predicted octanol–water partition coefficient (Wildman–Crippen LogP) is 4.61. The standard InChI is InChI=1S/C15H13ClO2S/c1-10-7-8-19-15(10)6-4-13(17)12-9-11(16)3-5-14(12)18-2/h3-9H,1-2H3/b6-4+. The van der Waals surface area contributed by atoms with Crippen LogP contribution < -0.4 is 4.74 Å². The van der Waals surface area contributed by atoms with Crippen LogP contribution in [0.25, 0.3) is 6.08 Å². The lowest BCUT2D eigenvalue weighted by atomic mass is 10.1. The van der Waals surface area contributed by atoms with Crippen molar-refractivity contribution in [2.24, 2.45) is 0 Å². The largest absolute Gasteiger partial charge is 0.496 e. The van der Waals surface area contributed by atoms with Gasteiger partial charge in [0.05, 0.1) is 12.7 Å². The highest BCUT2D eigenvalue weighted by atomic mass is 35.5. The minimum atomic E-state index is -0.118. The van der Waals surface area contributed by atoms with Crippen molar-refractivity contribution in [1.82, 2.24) is 0 Å². The lowest BCUT2D eigenvalue weighted by Gasteiger charge is -2.05. The van der Waals surface area contributed by atoms with Crippen molar-refractivity contribution in [1.29, 1.82) is 0 Å². The zero-order valence-corrected chi connectivity index (χ0v) is 12.2. The Hall–Kier alpha value is -1.58. The molecule has 1 heterocycles. The molecule has 0 unspecified atom stereocenters. The van der Waals surface area contributed by atoms with Crippen LogP contribution in [0.4, 0.5) is 0 Å². The van der Waals surface area contributed by atoms with Gasteiger partial charge in [-0.1, -0.05) is 11.6 Å². The van der Waals surface area contributed by atoms with E-state index in [2.05, 4.69) is 0 Å². The van der Waals surface area contributed by atoms with Crippen LogP contribution in [0.2, 0.25) is 5.02 Å². The van der Waals surface area contributed by atoms with Gasteiger partial charge >= 0.3 is 0 Å². The number of thiophene rings is 1. The fourth-order valence-corrected chi connectivity index (χ4v) is 2.66. The minimum absolute atomic E-state index is 0.118. The van der Waals surface area contributed by atoms with E-state index in [0.717, 1.165) is 10.4 Å². The first-order chi connectivity index (χ1) is 9.11. The molecule has 1 aromatic carbocycles. The fourth-order valence-electron chi connectivity index (χ4n) is 1.67. The second-order valence-corrected chi connectivity index (χ2v) is 5.39. The van der Waals surface area contributed by atoms with Gasteiger partial charge in [-0.25, -0.2) is 0 Å². The van der Waals surface area contributed by atoms with Gasteiger partial charge in [-0.05, 0) is 54.3 Å². The number of halogens is 1. The zero-order chi connectivity index (χ0) is 13.8. The number of hydrogen-bond acceptors (Lipinski definition) is 3. The Morgan fingerprint density at radius 1 is 1.37 bits per heavy atom. The highest BCUT2D eigenvalue weighted by Crippen LogP contribution is 2.24. The van der Waals surface area contributed by atoms with E-state index in [0.29, 0.717) is 16.3 Å². The van der Waals surface area contributed by atoms with Crippen LogP contribution in [0.5, 0.6) is 5.75 Å². The molecule has 4 heteroatoms. The van der Waals surface area contributed by atoms with Crippen molar-refractivity contribution < 1.29 is 9.53 Å². The molecule has 0 bridgehead atoms. The molecule has 0 spiro atoms. The van der Waals surface area contributed by atoms with Crippen molar-refractivity contribution in [3.63, 3.8) is 0 Å². The molecule has 0 atom stereocenters. The van der Waals surface area contributed by atoms with Gasteiger partial charge in [-0.3, -0.25) is 4.79 Å². The fraction of sp³-hybridized carbons (Fsp3) is 0.133. The molecule has 0 N–H and O–H groups in total. The quantitative estimate of drug-likeness (QED) is 0.607. The molecule has 2 rings (SSSR count). The van der Waals surface area contributed by atoms with E-state index in [9.17, 15) is 4.79 Å². The summed E-state index contributed by atoms with van der Waals surface area (Å²) in [6, 6.07) is 7.03. The lowest BCUT2D eigenvalue weighted by molar-refractivity contribution is 0.104. The van der Waals surface area contributed by atoms with Crippen molar-refractivity contribution in [3.05, 3.63) is 56.7 Å². The summed E-state index contributed by atoms with van der Waals surface area (Å²) in [6.07, 6.45) is 3.37. The van der Waals surface area contributed by atoms with Crippen LogP contribution >= 0.6 is 22.9 Å². The Bertz CT molecular complexity index is 629. The summed E-state index contributed by atoms with van der Waals surface area (Å²) in [5, 5.41) is 2.52. The Kier molecular flexibility index (Phi) is 4.40. The third kappa shape index (κ3) is 3.25. The van der Waals surface area contributed by atoms with Crippen molar-refractivity contribution in [2.75, 3.05) is 7.11 Å². The maximum atomic E-state index is 12.2. The van der Waals surface area contributed by atoms with Crippen LogP contribution in [-0.4, -0.2) is 12.9 Å². The van der Waals surface area contributed by atoms with Gasteiger partial charge in [0.2, 0.25) is 0 Å². The Morgan fingerprint density at radius 2 is 2.16 bits per heavy atom. The van der Waals surface area contributed by atoms with E-state index in [1.807, 2.05) is 24.4 Å². The molecule has 0 amide bonds. The van der Waals surface area contributed by atoms with Crippen LogP contribution in [0.15, 0.2) is 35.7 Å². The Morgan fingerprint density at radius 3 is 2.79 bits per heavy atom. The molecule has 0 saturated heterocycles. The van der Waals surface area contributed by atoms with E-state index < -0.39 is 0 Å². The van der Waals surface area contributed by atoms with Crippen molar-refractivity contribution in [3.8, 4) is 5.75 Å². The zero-order valence-electron chi connectivity index (χ0n) is 10.6. The summed E-state index contributed by atoms with van der Waals surface area (Å²) in [4.78, 5) is 13.2. The molecular formula is C15H13ClO2S. The molecule has 2 nitrogen and oxygen atoms in total. The minimum Gasteiger partial charge on any atom is -0.496 e. The number of aryl methyl sites for hydroxylation is 1. The average Bonchev–Trinajstić information content (AvgIpc) is 2.81. The second-order valence-electron chi connectivity index (χ2n) is 4.01. The Balaban J connectivity index is 2.27. The molecule has 1 aromatic heterocycles. The van der Waals surface area contributed by atoms with E-state index in [1.54, 1.807) is 35.6 Å². The highest BCUT2D eigenvalue weighted by Gasteiger charge is 2.10. The molecule has 0 aliphatic heterocycles. The van der Waals surface area contributed by atoms with Gasteiger partial charge in [-0.2, -0.15) is 0 Å². The summed E-state index contributed by atoms with van der Waals surface area (Å²) in [6.45, 7) is 2.01. The maximum Gasteiger partial charge on any atom is 0.189 e. The molecule has 98 valence electrons. The van der Waals surface area contributed by atoms with E-state index >= 15 is 0 Å². The number of ether oxygens (including phenoxy) is 1. The summed E-state index contributed by atoms with van der Waals surface area (Å²) in [5.74, 6) is 0.411. The number of carbonyl (C=O) groups is 1. The topological polar surface area (TPSA) is 26.3 Å². The highest BCUT2D eigenvalue weighted by molar-refractivity contribution is 7.11. The van der Waals surface area contributed by atoms with Crippen LogP contribution in [-0.2, 0) is 0 Å². The second kappa shape index (κ2) is 6.04. The van der Waals surface area contributed by atoms with Crippen LogP contribution in [0.1, 0.15) is 20.8 Å². The predicted molar refractivity (Wildman–Crippen MR) is 80.4 cm³/mol. The lowest BCUT2D eigenvalue weighted by Crippen LogP contribution is -1.98. The Labute approximate surface area is 121 Å². The third-order valence-corrected chi connectivity index (χ3v) is 3.93. The van der Waals surface area contributed by atoms with Crippen LogP contribution in [0.3, 0.4) is 0 Å². The third-order valence-electron chi connectivity index (χ3n) is 2.71. The molecule has 19 heavy (non-hydrogen) atoms. The SMILES string of the molecule is COc1ccc(Cl)cc1C(=O)/C=C/c1sccc1C. The van der Waals surface area contributed by atoms with Gasteiger partial charge < -0.3 is 4.74 Å². The summed E-state index contributed by atoms with van der Waals surface area (Å²) in [7, 11) is 1.53. The van der Waals surface area contributed by atoms with Crippen molar-refractivity contribution in [2.45, 2.75) is 6.92 Å². The average molecular weight is 293 g/mol. The van der Waals surface area contributed by atoms with Gasteiger partial charge in [0.15, 0.2) is 5.78 Å². The summed E-state index contributed by atoms with van der Waals surface area (Å²) in [5.41, 5.74) is 1.63. The maximum absolute atomic E-state index is 12.2. The molecule has 0 fully saturated rings. The van der Waals surface area contributed by atoms with E-state index in [-0.39, 0.29) is 5.78 Å². The summed E-state index contributed by atoms with van der Waals surface area (Å²) >= 11 is 7.52. The normalized spacial score (nSPS) is 10.9. The number of ketones is 1. The van der Waals surface area contributed by atoms with E-state index in [1.165, 1.54) is 7.11 Å². The van der Waals surface area contributed by atoms with Gasteiger partial charge in [0.1, 0.15) is 5.75 Å². The first-order valence-electron chi connectivity index (χ1n) is 5.72. The smallest absolute Gasteiger partial charge is 0.189 e. The van der Waals surface area contributed by atoms with Gasteiger partial charge in [0.25, 0.3) is 0 Å². The molecule has 2 aromatic rings. The molecule has 0 radical (unpaired) electrons. The first-order valence-corrected chi connectivity index (χ1v) is 6.97. The van der Waals surface area contributed by atoms with Crippen molar-refractivity contribution >= 4 is 34.8 Å². The van der Waals surface area contributed by atoms with Gasteiger partial charge in [0, 0.05) is 9.90 Å². The molecule has 0 saturated carbocycles. The van der Waals surface area contributed by atoms with E-state index in [4.69, 9.17) is 16.3 Å². The molecular weight excluding hydrogens is 280 g/mol.